The Labute approximate surface area is 103 Å². The summed E-state index contributed by atoms with van der Waals surface area (Å²) in [5, 5.41) is 3.32. The Morgan fingerprint density at radius 3 is 2.81 bits per heavy atom. The average molecular weight is 244 g/mol. The normalized spacial score (nSPS) is 22.8. The van der Waals surface area contributed by atoms with Crippen LogP contribution in [0.5, 0.6) is 0 Å². The average Bonchev–Trinajstić information content (AvgIpc) is 2.35. The molecule has 0 spiro atoms. The van der Waals surface area contributed by atoms with Gasteiger partial charge in [0.15, 0.2) is 0 Å². The molecule has 1 aliphatic rings. The number of piperidine rings is 1. The highest BCUT2D eigenvalue weighted by atomic mass is 32.2. The van der Waals surface area contributed by atoms with Gasteiger partial charge in [0.05, 0.1) is 6.04 Å². The minimum absolute atomic E-state index is 0.0645. The molecule has 16 heavy (non-hydrogen) atoms. The van der Waals surface area contributed by atoms with Crippen LogP contribution < -0.4 is 5.32 Å². The van der Waals surface area contributed by atoms with E-state index in [1.165, 1.54) is 12.8 Å². The van der Waals surface area contributed by atoms with Crippen LogP contribution in [-0.2, 0) is 4.79 Å². The molecule has 0 bridgehead atoms. The Hall–Kier alpha value is -0.220. The number of hydrogen-bond acceptors (Lipinski definition) is 3. The van der Waals surface area contributed by atoms with E-state index in [9.17, 15) is 4.79 Å². The summed E-state index contributed by atoms with van der Waals surface area (Å²) < 4.78 is 0. The Bertz CT molecular complexity index is 217. The van der Waals surface area contributed by atoms with E-state index in [0.717, 1.165) is 25.1 Å². The molecule has 1 N–H and O–H groups in total. The zero-order valence-corrected chi connectivity index (χ0v) is 11.5. The van der Waals surface area contributed by atoms with Gasteiger partial charge < -0.3 is 10.2 Å². The van der Waals surface area contributed by atoms with Crippen molar-refractivity contribution in [2.45, 2.75) is 44.7 Å². The molecule has 1 rings (SSSR count). The van der Waals surface area contributed by atoms with Gasteiger partial charge in [-0.1, -0.05) is 13.3 Å². The van der Waals surface area contributed by atoms with Crippen molar-refractivity contribution in [3.8, 4) is 0 Å². The minimum atomic E-state index is 0.0645. The van der Waals surface area contributed by atoms with Gasteiger partial charge in [-0.25, -0.2) is 0 Å². The molecular formula is C12H24N2OS. The van der Waals surface area contributed by atoms with E-state index in [-0.39, 0.29) is 11.9 Å². The van der Waals surface area contributed by atoms with Crippen molar-refractivity contribution in [2.75, 3.05) is 25.6 Å². The van der Waals surface area contributed by atoms with Crippen LogP contribution in [-0.4, -0.2) is 48.5 Å². The van der Waals surface area contributed by atoms with Crippen LogP contribution in [0.3, 0.4) is 0 Å². The van der Waals surface area contributed by atoms with E-state index in [1.54, 1.807) is 0 Å². The molecule has 0 saturated carbocycles. The third-order valence-electron chi connectivity index (χ3n) is 3.33. The molecule has 0 aromatic rings. The van der Waals surface area contributed by atoms with Gasteiger partial charge in [-0.05, 0) is 32.1 Å². The van der Waals surface area contributed by atoms with E-state index in [2.05, 4.69) is 18.5 Å². The van der Waals surface area contributed by atoms with Gasteiger partial charge >= 0.3 is 0 Å². The predicted octanol–water partition coefficient (Wildman–Crippen LogP) is 1.73. The smallest absolute Gasteiger partial charge is 0.239 e. The molecule has 1 unspecified atom stereocenters. The fraction of sp³-hybridized carbons (Fsp3) is 0.917. The number of carbonyl (C=O) groups is 1. The fourth-order valence-corrected chi connectivity index (χ4v) is 3.03. The summed E-state index contributed by atoms with van der Waals surface area (Å²) in [6.07, 6.45) is 6.51. The molecule has 1 saturated heterocycles. The molecule has 4 heteroatoms. The van der Waals surface area contributed by atoms with Crippen molar-refractivity contribution in [1.82, 2.24) is 10.2 Å². The fourth-order valence-electron chi connectivity index (χ4n) is 2.18. The number of likely N-dealkylation sites (N-methyl/N-ethyl adjacent to an activating group) is 1. The van der Waals surface area contributed by atoms with Gasteiger partial charge in [0, 0.05) is 18.8 Å². The third-order valence-corrected chi connectivity index (χ3v) is 4.05. The van der Waals surface area contributed by atoms with Crippen LogP contribution in [0.2, 0.25) is 0 Å². The number of nitrogens with one attached hydrogen (secondary N) is 1. The second-order valence-electron chi connectivity index (χ2n) is 4.47. The summed E-state index contributed by atoms with van der Waals surface area (Å²) in [6, 6.07) is 0.445. The van der Waals surface area contributed by atoms with Crippen LogP contribution >= 0.6 is 11.8 Å². The van der Waals surface area contributed by atoms with Crippen LogP contribution in [0.15, 0.2) is 0 Å². The highest BCUT2D eigenvalue weighted by Gasteiger charge is 2.26. The maximum atomic E-state index is 12.2. The highest BCUT2D eigenvalue weighted by molar-refractivity contribution is 7.98. The summed E-state index contributed by atoms with van der Waals surface area (Å²) in [7, 11) is 1.95. The summed E-state index contributed by atoms with van der Waals surface area (Å²) in [5.74, 6) is 1.31. The lowest BCUT2D eigenvalue weighted by molar-refractivity contribution is -0.134. The molecule has 1 heterocycles. The van der Waals surface area contributed by atoms with Crippen LogP contribution in [0.4, 0.5) is 0 Å². The SMILES string of the molecule is CCC(CSC)N(C)C(=O)[C@@H]1CCCCN1. The first-order chi connectivity index (χ1) is 7.70. The first-order valence-corrected chi connectivity index (χ1v) is 7.59. The first kappa shape index (κ1) is 13.8. The second kappa shape index (κ2) is 7.17. The maximum Gasteiger partial charge on any atom is 0.239 e. The lowest BCUT2D eigenvalue weighted by Gasteiger charge is -2.32. The van der Waals surface area contributed by atoms with Gasteiger partial charge in [-0.3, -0.25) is 4.79 Å². The van der Waals surface area contributed by atoms with Crippen molar-refractivity contribution < 1.29 is 4.79 Å². The van der Waals surface area contributed by atoms with E-state index in [4.69, 9.17) is 0 Å². The summed E-state index contributed by atoms with van der Waals surface area (Å²) in [5.41, 5.74) is 0. The van der Waals surface area contributed by atoms with E-state index in [1.807, 2.05) is 23.7 Å². The van der Waals surface area contributed by atoms with E-state index < -0.39 is 0 Å². The predicted molar refractivity (Wildman–Crippen MR) is 70.9 cm³/mol. The minimum Gasteiger partial charge on any atom is -0.341 e. The molecule has 0 aliphatic carbocycles. The number of nitrogens with zero attached hydrogens (tertiary/aromatic N) is 1. The Morgan fingerprint density at radius 2 is 2.31 bits per heavy atom. The summed E-state index contributed by atoms with van der Waals surface area (Å²) in [6.45, 7) is 3.14. The Balaban J connectivity index is 2.49. The molecule has 3 nitrogen and oxygen atoms in total. The van der Waals surface area contributed by atoms with Gasteiger partial charge in [-0.2, -0.15) is 11.8 Å². The largest absolute Gasteiger partial charge is 0.341 e. The highest BCUT2D eigenvalue weighted by Crippen LogP contribution is 2.14. The molecular weight excluding hydrogens is 220 g/mol. The van der Waals surface area contributed by atoms with Gasteiger partial charge in [0.2, 0.25) is 5.91 Å². The van der Waals surface area contributed by atoms with Gasteiger partial charge in [-0.15, -0.1) is 0 Å². The van der Waals surface area contributed by atoms with Crippen molar-refractivity contribution in [3.05, 3.63) is 0 Å². The summed E-state index contributed by atoms with van der Waals surface area (Å²) in [4.78, 5) is 14.2. The van der Waals surface area contributed by atoms with E-state index in [0.29, 0.717) is 6.04 Å². The topological polar surface area (TPSA) is 32.3 Å². The Kier molecular flexibility index (Phi) is 6.21. The number of thioether (sulfide) groups is 1. The van der Waals surface area contributed by atoms with Crippen LogP contribution in [0, 0.1) is 0 Å². The lowest BCUT2D eigenvalue weighted by Crippen LogP contribution is -2.50. The molecule has 0 aromatic carbocycles. The van der Waals surface area contributed by atoms with Gasteiger partial charge in [0.25, 0.3) is 0 Å². The molecule has 1 fully saturated rings. The van der Waals surface area contributed by atoms with E-state index >= 15 is 0 Å². The zero-order chi connectivity index (χ0) is 12.0. The Morgan fingerprint density at radius 1 is 1.56 bits per heavy atom. The van der Waals surface area contributed by atoms with Crippen molar-refractivity contribution >= 4 is 17.7 Å². The number of amides is 1. The van der Waals surface area contributed by atoms with Gasteiger partial charge in [0.1, 0.15) is 0 Å². The standard InChI is InChI=1S/C12H24N2OS/c1-4-10(9-16-3)14(2)12(15)11-7-5-6-8-13-11/h10-11,13H,4-9H2,1-3H3/t10?,11-/m0/s1. The van der Waals surface area contributed by atoms with Crippen LogP contribution in [0.25, 0.3) is 0 Å². The maximum absolute atomic E-state index is 12.2. The van der Waals surface area contributed by atoms with Crippen molar-refractivity contribution in [3.63, 3.8) is 0 Å². The van der Waals surface area contributed by atoms with Crippen molar-refractivity contribution in [2.24, 2.45) is 0 Å². The molecule has 1 amide bonds. The molecule has 1 aliphatic heterocycles. The zero-order valence-electron chi connectivity index (χ0n) is 10.7. The van der Waals surface area contributed by atoms with Crippen molar-refractivity contribution in [1.29, 1.82) is 0 Å². The first-order valence-electron chi connectivity index (χ1n) is 6.19. The van der Waals surface area contributed by atoms with Crippen LogP contribution in [0.1, 0.15) is 32.6 Å². The monoisotopic (exact) mass is 244 g/mol. The quantitative estimate of drug-likeness (QED) is 0.799. The summed E-state index contributed by atoms with van der Waals surface area (Å²) >= 11 is 1.81. The molecule has 0 radical (unpaired) electrons. The molecule has 94 valence electrons. The lowest BCUT2D eigenvalue weighted by atomic mass is 10.0. The number of hydrogen-bond donors (Lipinski definition) is 1. The number of carbonyl (C=O) groups excluding carboxylic acids is 1. The second-order valence-corrected chi connectivity index (χ2v) is 5.38. The molecule has 0 aromatic heterocycles. The third kappa shape index (κ3) is 3.67. The molecule has 2 atom stereocenters. The number of rotatable bonds is 5.